The van der Waals surface area contributed by atoms with E-state index in [0.717, 1.165) is 32.0 Å². The molecule has 3 rings (SSSR count). The van der Waals surface area contributed by atoms with E-state index in [1.165, 1.54) is 0 Å². The van der Waals surface area contributed by atoms with Gasteiger partial charge in [0.1, 0.15) is 10.7 Å². The molecule has 1 N–H and O–H groups in total. The Labute approximate surface area is 185 Å². The smallest absolute Gasteiger partial charge is 0.179 e. The summed E-state index contributed by atoms with van der Waals surface area (Å²) < 4.78 is 1.86. The van der Waals surface area contributed by atoms with Gasteiger partial charge >= 0.3 is 0 Å². The van der Waals surface area contributed by atoms with E-state index < -0.39 is 5.25 Å². The average Bonchev–Trinajstić information content (AvgIpc) is 2.72. The number of halogens is 2. The zero-order valence-corrected chi connectivity index (χ0v) is 18.7. The number of anilines is 1. The number of para-hydroxylation sites is 1. The normalized spacial score (nSPS) is 12.6. The predicted octanol–water partition coefficient (Wildman–Crippen LogP) is 6.83. The highest BCUT2D eigenvalue weighted by Gasteiger charge is 2.31. The van der Waals surface area contributed by atoms with E-state index >= 15 is 0 Å². The first-order valence-corrected chi connectivity index (χ1v) is 11.0. The predicted molar refractivity (Wildman–Crippen MR) is 122 cm³/mol. The molecule has 6 heteroatoms. The minimum Gasteiger partial charge on any atom is -0.377 e. The van der Waals surface area contributed by atoms with Gasteiger partial charge in [-0.25, -0.2) is 0 Å². The summed E-state index contributed by atoms with van der Waals surface area (Å²) in [4.78, 5) is 13.3. The average molecular weight is 516 g/mol. The summed E-state index contributed by atoms with van der Waals surface area (Å²) in [6.07, 6.45) is 0. The molecule has 3 nitrogen and oxygen atoms in total. The van der Waals surface area contributed by atoms with Crippen molar-refractivity contribution in [3.8, 4) is 5.40 Å². The molecule has 0 amide bonds. The molecule has 0 heterocycles. The van der Waals surface area contributed by atoms with Crippen molar-refractivity contribution in [3.05, 3.63) is 98.9 Å². The lowest BCUT2D eigenvalue weighted by Gasteiger charge is -2.26. The quantitative estimate of drug-likeness (QED) is 0.276. The number of benzene rings is 3. The SMILES string of the molecule is N#CS[C@@H](C(=O)c1ccc(Br)cc1)[C@@H](Nc1ccccc1)c1ccc(Br)cc1. The Kier molecular flexibility index (Phi) is 7.32. The molecule has 0 aromatic heterocycles. The lowest BCUT2D eigenvalue weighted by Crippen LogP contribution is -2.30. The third-order valence-corrected chi connectivity index (χ3v) is 6.10. The summed E-state index contributed by atoms with van der Waals surface area (Å²) in [7, 11) is 0. The van der Waals surface area contributed by atoms with Gasteiger partial charge in [-0.1, -0.05) is 74.3 Å². The number of carbonyl (C=O) groups excluding carboxylic acids is 1. The van der Waals surface area contributed by atoms with E-state index in [1.807, 2.05) is 66.7 Å². The molecule has 3 aromatic carbocycles. The minimum atomic E-state index is -0.604. The van der Waals surface area contributed by atoms with Crippen LogP contribution in [0.4, 0.5) is 5.69 Å². The number of nitrogens with zero attached hydrogens (tertiary/aromatic N) is 1. The van der Waals surface area contributed by atoms with Crippen molar-refractivity contribution in [2.24, 2.45) is 0 Å². The van der Waals surface area contributed by atoms with Gasteiger partial charge in [0.2, 0.25) is 0 Å². The van der Waals surface area contributed by atoms with Crippen molar-refractivity contribution in [2.75, 3.05) is 5.32 Å². The lowest BCUT2D eigenvalue weighted by atomic mass is 9.97. The van der Waals surface area contributed by atoms with Crippen LogP contribution in [0.25, 0.3) is 0 Å². The number of rotatable bonds is 7. The molecule has 28 heavy (non-hydrogen) atoms. The first-order chi connectivity index (χ1) is 13.6. The summed E-state index contributed by atoms with van der Waals surface area (Å²) in [5.41, 5.74) is 2.40. The van der Waals surface area contributed by atoms with Crippen LogP contribution in [0.1, 0.15) is 22.0 Å². The van der Waals surface area contributed by atoms with Crippen molar-refractivity contribution in [2.45, 2.75) is 11.3 Å². The van der Waals surface area contributed by atoms with Gasteiger partial charge in [-0.05, 0) is 53.7 Å². The highest BCUT2D eigenvalue weighted by molar-refractivity contribution is 9.10. The second kappa shape index (κ2) is 9.92. The molecule has 2 atom stereocenters. The first-order valence-electron chi connectivity index (χ1n) is 8.50. The number of hydrogen-bond donors (Lipinski definition) is 1. The molecule has 0 aliphatic rings. The Morgan fingerprint density at radius 3 is 2.04 bits per heavy atom. The molecular formula is C22H16Br2N2OS. The molecule has 0 bridgehead atoms. The molecule has 0 saturated heterocycles. The Balaban J connectivity index is 2.00. The summed E-state index contributed by atoms with van der Waals surface area (Å²) in [6, 6.07) is 24.4. The number of Topliss-reactive ketones (excluding diaryl/α,β-unsaturated/α-hetero) is 1. The van der Waals surface area contributed by atoms with Crippen molar-refractivity contribution in [3.63, 3.8) is 0 Å². The number of carbonyl (C=O) groups is 1. The highest BCUT2D eigenvalue weighted by atomic mass is 79.9. The molecule has 3 aromatic rings. The van der Waals surface area contributed by atoms with Crippen LogP contribution in [0, 0.1) is 10.7 Å². The maximum Gasteiger partial charge on any atom is 0.179 e. The molecule has 0 unspecified atom stereocenters. The highest BCUT2D eigenvalue weighted by Crippen LogP contribution is 2.33. The largest absolute Gasteiger partial charge is 0.377 e. The number of hydrogen-bond acceptors (Lipinski definition) is 4. The number of nitriles is 1. The maximum atomic E-state index is 13.3. The topological polar surface area (TPSA) is 52.9 Å². The zero-order valence-electron chi connectivity index (χ0n) is 14.7. The van der Waals surface area contributed by atoms with E-state index in [2.05, 4.69) is 42.6 Å². The standard InChI is InChI=1S/C22H16Br2N2OS/c23-17-10-6-15(7-11-17)20(26-19-4-2-1-3-5-19)22(28-14-25)21(27)16-8-12-18(24)13-9-16/h1-13,20,22,26H/t20-,22+/m0/s1. The van der Waals surface area contributed by atoms with Gasteiger partial charge in [0, 0.05) is 20.2 Å². The Morgan fingerprint density at radius 2 is 1.46 bits per heavy atom. The summed E-state index contributed by atoms with van der Waals surface area (Å²) in [6.45, 7) is 0. The molecule has 0 aliphatic carbocycles. The molecule has 0 spiro atoms. The van der Waals surface area contributed by atoms with E-state index in [9.17, 15) is 10.1 Å². The lowest BCUT2D eigenvalue weighted by molar-refractivity contribution is 0.0983. The van der Waals surface area contributed by atoms with Crippen LogP contribution in [0.3, 0.4) is 0 Å². The number of nitrogens with one attached hydrogen (secondary N) is 1. The minimum absolute atomic E-state index is 0.0876. The second-order valence-electron chi connectivity index (χ2n) is 6.04. The summed E-state index contributed by atoms with van der Waals surface area (Å²) in [5, 5.41) is 14.4. The van der Waals surface area contributed by atoms with Crippen LogP contribution in [0.2, 0.25) is 0 Å². The Bertz CT molecular complexity index is 970. The molecule has 0 saturated carbocycles. The zero-order chi connectivity index (χ0) is 19.9. The van der Waals surface area contributed by atoms with Crippen LogP contribution in [-0.2, 0) is 0 Å². The fourth-order valence-corrected chi connectivity index (χ4v) is 4.07. The van der Waals surface area contributed by atoms with Crippen LogP contribution in [0.5, 0.6) is 0 Å². The van der Waals surface area contributed by atoms with Crippen molar-refractivity contribution < 1.29 is 4.79 Å². The van der Waals surface area contributed by atoms with Crippen LogP contribution in [0.15, 0.2) is 87.8 Å². The second-order valence-corrected chi connectivity index (χ2v) is 8.80. The number of ketones is 1. The van der Waals surface area contributed by atoms with E-state index in [4.69, 9.17) is 0 Å². The van der Waals surface area contributed by atoms with Crippen molar-refractivity contribution >= 4 is 55.1 Å². The third-order valence-electron chi connectivity index (χ3n) is 4.19. The van der Waals surface area contributed by atoms with Crippen molar-refractivity contribution in [1.29, 1.82) is 5.26 Å². The van der Waals surface area contributed by atoms with Gasteiger partial charge in [-0.3, -0.25) is 4.79 Å². The number of thioether (sulfide) groups is 1. The fraction of sp³-hybridized carbons (Fsp3) is 0.0909. The Hall–Kier alpha value is -2.07. The van der Waals surface area contributed by atoms with Crippen molar-refractivity contribution in [1.82, 2.24) is 0 Å². The van der Waals surface area contributed by atoms with Gasteiger partial charge in [-0.2, -0.15) is 5.26 Å². The van der Waals surface area contributed by atoms with Gasteiger partial charge in [0.15, 0.2) is 5.78 Å². The molecule has 0 aliphatic heterocycles. The van der Waals surface area contributed by atoms with Crippen LogP contribution < -0.4 is 5.32 Å². The van der Waals surface area contributed by atoms with E-state index in [0.29, 0.717) is 5.56 Å². The molecule has 0 radical (unpaired) electrons. The van der Waals surface area contributed by atoms with E-state index in [1.54, 1.807) is 12.1 Å². The van der Waals surface area contributed by atoms with Gasteiger partial charge < -0.3 is 5.32 Å². The van der Waals surface area contributed by atoms with Crippen LogP contribution in [-0.4, -0.2) is 11.0 Å². The molecular weight excluding hydrogens is 500 g/mol. The monoisotopic (exact) mass is 514 g/mol. The van der Waals surface area contributed by atoms with Crippen LogP contribution >= 0.6 is 43.6 Å². The Morgan fingerprint density at radius 1 is 0.893 bits per heavy atom. The van der Waals surface area contributed by atoms with Gasteiger partial charge in [0.05, 0.1) is 6.04 Å². The molecule has 0 fully saturated rings. The molecule has 140 valence electrons. The number of thiocyanates is 1. The van der Waals surface area contributed by atoms with Gasteiger partial charge in [-0.15, -0.1) is 0 Å². The maximum absolute atomic E-state index is 13.3. The third kappa shape index (κ3) is 5.26. The summed E-state index contributed by atoms with van der Waals surface area (Å²) >= 11 is 7.83. The first kappa shape index (κ1) is 20.7. The van der Waals surface area contributed by atoms with E-state index in [-0.39, 0.29) is 11.8 Å². The fourth-order valence-electron chi connectivity index (χ4n) is 2.83. The summed E-state index contributed by atoms with van der Waals surface area (Å²) in [5.74, 6) is -0.0876. The van der Waals surface area contributed by atoms with Gasteiger partial charge in [0.25, 0.3) is 0 Å².